The maximum atomic E-state index is 11.4. The van der Waals surface area contributed by atoms with Gasteiger partial charge in [-0.15, -0.1) is 0 Å². The molecule has 1 amide bonds. The lowest BCUT2D eigenvalue weighted by Gasteiger charge is -2.17. The van der Waals surface area contributed by atoms with Crippen molar-refractivity contribution in [1.82, 2.24) is 19.2 Å². The maximum Gasteiger partial charge on any atom is 0.255 e. The fourth-order valence-corrected chi connectivity index (χ4v) is 4.71. The third-order valence-corrected chi connectivity index (χ3v) is 6.19. The van der Waals surface area contributed by atoms with Crippen LogP contribution in [0.15, 0.2) is 24.4 Å². The van der Waals surface area contributed by atoms with Gasteiger partial charge in [0, 0.05) is 23.2 Å². The van der Waals surface area contributed by atoms with Crippen LogP contribution in [0.1, 0.15) is 55.2 Å². The Kier molecular flexibility index (Phi) is 5.67. The van der Waals surface area contributed by atoms with Crippen LogP contribution >= 0.6 is 0 Å². The number of fused-ring (bicyclic) bond motifs is 3. The molecule has 1 aromatic carbocycles. The summed E-state index contributed by atoms with van der Waals surface area (Å²) in [5.74, 6) is 0.111. The van der Waals surface area contributed by atoms with Gasteiger partial charge in [0.2, 0.25) is 0 Å². The van der Waals surface area contributed by atoms with Crippen LogP contribution < -0.4 is 10.5 Å². The van der Waals surface area contributed by atoms with Crippen molar-refractivity contribution in [2.24, 2.45) is 5.73 Å². The summed E-state index contributed by atoms with van der Waals surface area (Å²) in [6.45, 7) is 12.3. The second-order valence-corrected chi connectivity index (χ2v) is 8.53. The Labute approximate surface area is 188 Å². The predicted molar refractivity (Wildman–Crippen MR) is 127 cm³/mol. The average molecular weight is 434 g/mol. The van der Waals surface area contributed by atoms with Gasteiger partial charge in [-0.1, -0.05) is 19.9 Å². The third kappa shape index (κ3) is 3.51. The number of ether oxygens (including phenoxy) is 1. The number of hydrogen-bond donors (Lipinski definition) is 1. The molecule has 7 nitrogen and oxygen atoms in total. The molecule has 0 aliphatic heterocycles. The van der Waals surface area contributed by atoms with E-state index in [0.29, 0.717) is 11.8 Å². The van der Waals surface area contributed by atoms with Crippen molar-refractivity contribution in [3.05, 3.63) is 46.9 Å². The summed E-state index contributed by atoms with van der Waals surface area (Å²) in [7, 11) is 0. The molecule has 168 valence electrons. The molecule has 3 aromatic heterocycles. The molecule has 0 unspecified atom stereocenters. The van der Waals surface area contributed by atoms with E-state index < -0.39 is 5.91 Å². The third-order valence-electron chi connectivity index (χ3n) is 6.19. The van der Waals surface area contributed by atoms with Crippen LogP contribution in [0.2, 0.25) is 0 Å². The van der Waals surface area contributed by atoms with Gasteiger partial charge in [0.05, 0.1) is 17.0 Å². The van der Waals surface area contributed by atoms with E-state index in [9.17, 15) is 4.79 Å². The van der Waals surface area contributed by atoms with Gasteiger partial charge < -0.3 is 15.0 Å². The number of hydrogen-bond acceptors (Lipinski definition) is 4. The first-order valence-corrected chi connectivity index (χ1v) is 11.2. The zero-order valence-corrected chi connectivity index (χ0v) is 19.7. The smallest absolute Gasteiger partial charge is 0.255 e. The van der Waals surface area contributed by atoms with Crippen molar-refractivity contribution in [2.75, 3.05) is 6.61 Å². The number of rotatable bonds is 7. The Morgan fingerprint density at radius 2 is 1.81 bits per heavy atom. The molecule has 0 radical (unpaired) electrons. The fraction of sp³-hybridized carbons (Fsp3) is 0.400. The summed E-state index contributed by atoms with van der Waals surface area (Å²) in [6.07, 6.45) is 4.22. The highest BCUT2D eigenvalue weighted by atomic mass is 16.5. The monoisotopic (exact) mass is 433 g/mol. The molecule has 2 N–H and O–H groups in total. The summed E-state index contributed by atoms with van der Waals surface area (Å²) >= 11 is 0. The molecule has 0 saturated carbocycles. The van der Waals surface area contributed by atoms with Crippen LogP contribution in [0.25, 0.3) is 27.8 Å². The van der Waals surface area contributed by atoms with Crippen LogP contribution in [0.5, 0.6) is 5.75 Å². The van der Waals surface area contributed by atoms with Crippen molar-refractivity contribution < 1.29 is 9.53 Å². The number of primary amides is 1. The van der Waals surface area contributed by atoms with E-state index >= 15 is 0 Å². The topological polar surface area (TPSA) is 87.4 Å². The zero-order valence-electron chi connectivity index (χ0n) is 19.7. The van der Waals surface area contributed by atoms with Crippen LogP contribution in [-0.2, 0) is 4.79 Å². The quantitative estimate of drug-likeness (QED) is 0.453. The molecule has 0 atom stereocenters. The van der Waals surface area contributed by atoms with Gasteiger partial charge >= 0.3 is 0 Å². The first kappa shape index (κ1) is 21.9. The second kappa shape index (κ2) is 8.30. The number of nitrogens with two attached hydrogens (primary N) is 1. The molecule has 0 saturated heterocycles. The molecule has 4 aromatic rings. The summed E-state index contributed by atoms with van der Waals surface area (Å²) in [4.78, 5) is 16.4. The molecular formula is C25H31N5O2. The summed E-state index contributed by atoms with van der Waals surface area (Å²) < 4.78 is 10.1. The molecule has 0 bridgehead atoms. The van der Waals surface area contributed by atoms with Crippen molar-refractivity contribution in [1.29, 1.82) is 0 Å². The largest absolute Gasteiger partial charge is 0.483 e. The van der Waals surface area contributed by atoms with Crippen LogP contribution in [0.3, 0.4) is 0 Å². The molecule has 32 heavy (non-hydrogen) atoms. The molecule has 7 heteroatoms. The van der Waals surface area contributed by atoms with E-state index in [4.69, 9.17) is 20.6 Å². The lowest BCUT2D eigenvalue weighted by Crippen LogP contribution is -2.20. The van der Waals surface area contributed by atoms with Gasteiger partial charge in [0.25, 0.3) is 5.91 Å². The van der Waals surface area contributed by atoms with E-state index in [1.807, 2.05) is 38.3 Å². The fourth-order valence-electron chi connectivity index (χ4n) is 4.71. The first-order chi connectivity index (χ1) is 15.3. The van der Waals surface area contributed by atoms with Crippen molar-refractivity contribution in [2.45, 2.75) is 60.4 Å². The van der Waals surface area contributed by atoms with Gasteiger partial charge in [-0.2, -0.15) is 9.61 Å². The van der Waals surface area contributed by atoms with E-state index in [0.717, 1.165) is 63.2 Å². The SMILES string of the molecule is CCC(CC)n1ccc2c(C)nc3c(-c4c(C)cc(C)cc4OCC(N)=O)c(C)nn3c21. The second-order valence-electron chi connectivity index (χ2n) is 8.53. The Morgan fingerprint density at radius 1 is 1.09 bits per heavy atom. The highest BCUT2D eigenvalue weighted by Crippen LogP contribution is 2.39. The molecule has 3 heterocycles. The average Bonchev–Trinajstić information content (AvgIpc) is 3.29. The minimum atomic E-state index is -0.509. The molecule has 4 rings (SSSR count). The number of nitrogens with zero attached hydrogens (tertiary/aromatic N) is 4. The summed E-state index contributed by atoms with van der Waals surface area (Å²) in [5.41, 5.74) is 12.9. The first-order valence-electron chi connectivity index (χ1n) is 11.2. The summed E-state index contributed by atoms with van der Waals surface area (Å²) in [5, 5.41) is 6.03. The van der Waals surface area contributed by atoms with Gasteiger partial charge in [-0.25, -0.2) is 4.98 Å². The Hall–Kier alpha value is -3.35. The number of aromatic nitrogens is 4. The Bertz CT molecular complexity index is 1330. The van der Waals surface area contributed by atoms with Crippen molar-refractivity contribution in [3.63, 3.8) is 0 Å². The Morgan fingerprint density at radius 3 is 2.47 bits per heavy atom. The molecule has 0 spiro atoms. The van der Waals surface area contributed by atoms with Gasteiger partial charge in [-0.3, -0.25) is 4.79 Å². The van der Waals surface area contributed by atoms with Gasteiger partial charge in [-0.05, 0) is 63.8 Å². The number of carbonyl (C=O) groups excluding carboxylic acids is 1. The predicted octanol–water partition coefficient (Wildman–Crippen LogP) is 4.81. The normalized spacial score (nSPS) is 11.7. The maximum absolute atomic E-state index is 11.4. The highest BCUT2D eigenvalue weighted by Gasteiger charge is 2.24. The zero-order chi connectivity index (χ0) is 23.2. The van der Waals surface area contributed by atoms with E-state index in [-0.39, 0.29) is 6.61 Å². The van der Waals surface area contributed by atoms with Gasteiger partial charge in [0.15, 0.2) is 12.3 Å². The van der Waals surface area contributed by atoms with Gasteiger partial charge in [0.1, 0.15) is 11.4 Å². The molecule has 0 aliphatic carbocycles. The number of aryl methyl sites for hydroxylation is 4. The lowest BCUT2D eigenvalue weighted by molar-refractivity contribution is -0.119. The van der Waals surface area contributed by atoms with E-state index in [1.54, 1.807) is 0 Å². The highest BCUT2D eigenvalue weighted by molar-refractivity contribution is 5.90. The van der Waals surface area contributed by atoms with Crippen molar-refractivity contribution in [3.8, 4) is 16.9 Å². The number of carbonyl (C=O) groups is 1. The molecular weight excluding hydrogens is 402 g/mol. The van der Waals surface area contributed by atoms with Crippen molar-refractivity contribution >= 4 is 22.6 Å². The van der Waals surface area contributed by atoms with Crippen LogP contribution in [0.4, 0.5) is 0 Å². The number of benzene rings is 1. The van der Waals surface area contributed by atoms with Crippen LogP contribution in [-0.4, -0.2) is 31.7 Å². The minimum Gasteiger partial charge on any atom is -0.483 e. The molecule has 0 fully saturated rings. The Balaban J connectivity index is 2.05. The number of amides is 1. The lowest BCUT2D eigenvalue weighted by atomic mass is 9.97. The molecule has 0 aliphatic rings. The van der Waals surface area contributed by atoms with Crippen LogP contribution in [0, 0.1) is 27.7 Å². The van der Waals surface area contributed by atoms with E-state index in [2.05, 4.69) is 36.7 Å². The minimum absolute atomic E-state index is 0.178. The standard InChI is InChI=1S/C25H31N5O2/c1-7-18(8-2)29-10-9-19-16(5)27-24-23(17(6)28-30(24)25(19)29)22-15(4)11-14(3)12-20(22)32-13-21(26)31/h9-12,18H,7-8,13H2,1-6H3,(H2,26,31). The summed E-state index contributed by atoms with van der Waals surface area (Å²) in [6, 6.07) is 6.56. The van der Waals surface area contributed by atoms with E-state index in [1.165, 1.54) is 0 Å².